The summed E-state index contributed by atoms with van der Waals surface area (Å²) < 4.78 is 1.73. The molecule has 0 unspecified atom stereocenters. The third kappa shape index (κ3) is 2.85. The van der Waals surface area contributed by atoms with Crippen LogP contribution in [0.15, 0.2) is 73.3 Å². The van der Waals surface area contributed by atoms with Crippen molar-refractivity contribution in [2.45, 2.75) is 18.6 Å². The van der Waals surface area contributed by atoms with Gasteiger partial charge in [-0.05, 0) is 11.1 Å². The predicted molar refractivity (Wildman–Crippen MR) is 80.5 cm³/mol. The number of hydrogen-bond acceptors (Lipinski definition) is 3. The summed E-state index contributed by atoms with van der Waals surface area (Å²) in [6.07, 6.45) is 3.70. The highest BCUT2D eigenvalue weighted by Gasteiger charge is 2.31. The van der Waals surface area contributed by atoms with Crippen LogP contribution < -0.4 is 0 Å². The quantitative estimate of drug-likeness (QED) is 0.781. The molecule has 0 amide bonds. The highest BCUT2D eigenvalue weighted by molar-refractivity contribution is 5.35. The molecule has 0 aliphatic carbocycles. The average Bonchev–Trinajstić information content (AvgIpc) is 3.08. The van der Waals surface area contributed by atoms with E-state index in [2.05, 4.69) is 10.1 Å². The molecule has 0 atom stereocenters. The third-order valence-corrected chi connectivity index (χ3v) is 3.67. The number of aromatic nitrogens is 3. The van der Waals surface area contributed by atoms with E-state index in [1.54, 1.807) is 11.0 Å². The summed E-state index contributed by atoms with van der Waals surface area (Å²) in [6, 6.07) is 19.5. The van der Waals surface area contributed by atoms with Crippen molar-refractivity contribution in [1.82, 2.24) is 14.8 Å². The second-order valence-corrected chi connectivity index (χ2v) is 5.00. The van der Waals surface area contributed by atoms with Gasteiger partial charge in [-0.2, -0.15) is 5.10 Å². The second-order valence-electron chi connectivity index (χ2n) is 5.00. The number of rotatable bonds is 5. The van der Waals surface area contributed by atoms with Gasteiger partial charge in [0.15, 0.2) is 0 Å². The highest BCUT2D eigenvalue weighted by Crippen LogP contribution is 2.33. The van der Waals surface area contributed by atoms with E-state index in [4.69, 9.17) is 0 Å². The Morgan fingerprint density at radius 2 is 1.48 bits per heavy atom. The maximum absolute atomic E-state index is 11.3. The van der Waals surface area contributed by atoms with Crippen molar-refractivity contribution in [1.29, 1.82) is 0 Å². The highest BCUT2D eigenvalue weighted by atomic mass is 16.3. The predicted octanol–water partition coefficient (Wildman–Crippen LogP) is 2.60. The van der Waals surface area contributed by atoms with Crippen LogP contribution in [-0.4, -0.2) is 19.9 Å². The molecule has 21 heavy (non-hydrogen) atoms. The molecule has 0 aliphatic rings. The zero-order chi connectivity index (χ0) is 14.5. The van der Waals surface area contributed by atoms with Crippen LogP contribution in [0, 0.1) is 0 Å². The van der Waals surface area contributed by atoms with E-state index in [0.717, 1.165) is 11.1 Å². The molecule has 1 N–H and O–H groups in total. The van der Waals surface area contributed by atoms with Crippen LogP contribution >= 0.6 is 0 Å². The van der Waals surface area contributed by atoms with Gasteiger partial charge in [-0.15, -0.1) is 0 Å². The van der Waals surface area contributed by atoms with Gasteiger partial charge in [0.25, 0.3) is 0 Å². The van der Waals surface area contributed by atoms with Crippen molar-refractivity contribution in [3.63, 3.8) is 0 Å². The Bertz CT molecular complexity index is 626. The minimum Gasteiger partial charge on any atom is -0.380 e. The van der Waals surface area contributed by atoms with Crippen molar-refractivity contribution >= 4 is 0 Å². The first-order chi connectivity index (χ1) is 10.3. The lowest BCUT2D eigenvalue weighted by Crippen LogP contribution is -2.29. The first-order valence-corrected chi connectivity index (χ1v) is 6.95. The van der Waals surface area contributed by atoms with Gasteiger partial charge in [-0.3, -0.25) is 4.68 Å². The molecule has 3 rings (SSSR count). The van der Waals surface area contributed by atoms with Gasteiger partial charge < -0.3 is 5.11 Å². The van der Waals surface area contributed by atoms with Crippen LogP contribution in [0.25, 0.3) is 0 Å². The van der Waals surface area contributed by atoms with Crippen LogP contribution in [-0.2, 0) is 12.1 Å². The molecule has 0 fully saturated rings. The lowest BCUT2D eigenvalue weighted by molar-refractivity contribution is 0.0648. The largest absolute Gasteiger partial charge is 0.380 e. The molecule has 1 heterocycles. The van der Waals surface area contributed by atoms with E-state index in [0.29, 0.717) is 13.0 Å². The monoisotopic (exact) mass is 279 g/mol. The van der Waals surface area contributed by atoms with Gasteiger partial charge in [0, 0.05) is 13.0 Å². The van der Waals surface area contributed by atoms with E-state index < -0.39 is 5.60 Å². The summed E-state index contributed by atoms with van der Waals surface area (Å²) in [5, 5.41) is 15.4. The second kappa shape index (κ2) is 5.89. The molecule has 0 aliphatic heterocycles. The summed E-state index contributed by atoms with van der Waals surface area (Å²) >= 11 is 0. The SMILES string of the molecule is OC(CCn1cncn1)(c1ccccc1)c1ccccc1. The standard InChI is InChI=1S/C17H17N3O/c21-17(15-7-3-1-4-8-15,16-9-5-2-6-10-16)11-12-20-14-18-13-19-20/h1-10,13-14,21H,11-12H2. The smallest absolute Gasteiger partial charge is 0.137 e. The molecule has 1 aromatic heterocycles. The van der Waals surface area contributed by atoms with Crippen LogP contribution in [0.4, 0.5) is 0 Å². The molecule has 0 bridgehead atoms. The lowest BCUT2D eigenvalue weighted by Gasteiger charge is -2.29. The zero-order valence-corrected chi connectivity index (χ0v) is 11.6. The van der Waals surface area contributed by atoms with Crippen molar-refractivity contribution in [3.8, 4) is 0 Å². The first kappa shape index (κ1) is 13.5. The van der Waals surface area contributed by atoms with Gasteiger partial charge in [-0.1, -0.05) is 60.7 Å². The topological polar surface area (TPSA) is 50.9 Å². The molecule has 0 saturated heterocycles. The van der Waals surface area contributed by atoms with Gasteiger partial charge in [0.1, 0.15) is 18.3 Å². The lowest BCUT2D eigenvalue weighted by atomic mass is 9.83. The maximum atomic E-state index is 11.3. The van der Waals surface area contributed by atoms with E-state index >= 15 is 0 Å². The fourth-order valence-corrected chi connectivity index (χ4v) is 2.51. The normalized spacial score (nSPS) is 11.5. The molecule has 106 valence electrons. The summed E-state index contributed by atoms with van der Waals surface area (Å²) in [4.78, 5) is 3.94. The summed E-state index contributed by atoms with van der Waals surface area (Å²) in [5.74, 6) is 0. The number of aliphatic hydroxyl groups is 1. The average molecular weight is 279 g/mol. The molecular formula is C17H17N3O. The van der Waals surface area contributed by atoms with Gasteiger partial charge >= 0.3 is 0 Å². The van der Waals surface area contributed by atoms with E-state index in [-0.39, 0.29) is 0 Å². The minimum atomic E-state index is -1.03. The van der Waals surface area contributed by atoms with Gasteiger partial charge in [0.2, 0.25) is 0 Å². The van der Waals surface area contributed by atoms with Crippen LogP contribution in [0.1, 0.15) is 17.5 Å². The molecule has 4 heteroatoms. The van der Waals surface area contributed by atoms with Gasteiger partial charge in [0.05, 0.1) is 0 Å². The van der Waals surface area contributed by atoms with E-state index in [9.17, 15) is 5.11 Å². The number of benzene rings is 2. The van der Waals surface area contributed by atoms with Crippen molar-refractivity contribution < 1.29 is 5.11 Å². The summed E-state index contributed by atoms with van der Waals surface area (Å²) in [7, 11) is 0. The van der Waals surface area contributed by atoms with Crippen LogP contribution in [0.2, 0.25) is 0 Å². The summed E-state index contributed by atoms with van der Waals surface area (Å²) in [5.41, 5.74) is 0.738. The third-order valence-electron chi connectivity index (χ3n) is 3.67. The molecule has 4 nitrogen and oxygen atoms in total. The van der Waals surface area contributed by atoms with Crippen molar-refractivity contribution in [3.05, 3.63) is 84.4 Å². The minimum absolute atomic E-state index is 0.532. The first-order valence-electron chi connectivity index (χ1n) is 6.95. The van der Waals surface area contributed by atoms with Crippen LogP contribution in [0.5, 0.6) is 0 Å². The Kier molecular flexibility index (Phi) is 3.79. The fraction of sp³-hybridized carbons (Fsp3) is 0.176. The molecule has 0 saturated carbocycles. The van der Waals surface area contributed by atoms with E-state index in [1.165, 1.54) is 6.33 Å². The van der Waals surface area contributed by atoms with Crippen LogP contribution in [0.3, 0.4) is 0 Å². The molecule has 0 spiro atoms. The fourth-order valence-electron chi connectivity index (χ4n) is 2.51. The molecule has 2 aromatic carbocycles. The number of aryl methyl sites for hydroxylation is 1. The number of nitrogens with zero attached hydrogens (tertiary/aromatic N) is 3. The van der Waals surface area contributed by atoms with Gasteiger partial charge in [-0.25, -0.2) is 4.98 Å². The van der Waals surface area contributed by atoms with Crippen molar-refractivity contribution in [2.24, 2.45) is 0 Å². The molecular weight excluding hydrogens is 262 g/mol. The van der Waals surface area contributed by atoms with Crippen molar-refractivity contribution in [2.75, 3.05) is 0 Å². The Balaban J connectivity index is 1.95. The molecule has 0 radical (unpaired) electrons. The Morgan fingerprint density at radius 3 is 1.95 bits per heavy atom. The number of hydrogen-bond donors (Lipinski definition) is 1. The zero-order valence-electron chi connectivity index (χ0n) is 11.6. The summed E-state index contributed by atoms with van der Waals surface area (Å²) in [6.45, 7) is 0.598. The van der Waals surface area contributed by atoms with E-state index in [1.807, 2.05) is 60.7 Å². The Labute approximate surface area is 123 Å². The Morgan fingerprint density at radius 1 is 0.905 bits per heavy atom. The maximum Gasteiger partial charge on any atom is 0.137 e. The molecule has 3 aromatic rings. The Hall–Kier alpha value is -2.46.